The molecular weight excluding hydrogens is 368 g/mol. The van der Waals surface area contributed by atoms with Crippen LogP contribution >= 0.6 is 0 Å². The van der Waals surface area contributed by atoms with E-state index in [9.17, 15) is 4.79 Å². The number of hydrogen-bond acceptors (Lipinski definition) is 5. The van der Waals surface area contributed by atoms with Gasteiger partial charge in [-0.15, -0.1) is 0 Å². The molecular formula is C23H30N2O4. The Balaban J connectivity index is 1.94. The quantitative estimate of drug-likeness (QED) is 0.505. The van der Waals surface area contributed by atoms with Crippen molar-refractivity contribution in [1.29, 1.82) is 0 Å². The molecule has 6 heteroatoms. The number of benzene rings is 2. The highest BCUT2D eigenvalue weighted by atomic mass is 16.5. The van der Waals surface area contributed by atoms with Gasteiger partial charge in [-0.2, -0.15) is 5.10 Å². The topological polar surface area (TPSA) is 69.2 Å². The van der Waals surface area contributed by atoms with Crippen LogP contribution in [-0.2, 0) is 10.2 Å². The van der Waals surface area contributed by atoms with Crippen molar-refractivity contribution in [3.05, 3.63) is 53.6 Å². The largest absolute Gasteiger partial charge is 0.490 e. The zero-order valence-electron chi connectivity index (χ0n) is 17.8. The standard InChI is InChI=1S/C23H30N2O4/c1-6-27-20-13-12-17(14-21(20)28-7-2)15-24-25-22(26)16-29-19-11-9-8-10-18(19)23(3,4)5/h8-15H,6-7,16H2,1-5H3,(H,25,26)/b24-15+. The van der Waals surface area contributed by atoms with Crippen LogP contribution in [-0.4, -0.2) is 31.9 Å². The van der Waals surface area contributed by atoms with E-state index in [1.54, 1.807) is 6.21 Å². The summed E-state index contributed by atoms with van der Waals surface area (Å²) >= 11 is 0. The Morgan fingerprint density at radius 1 is 0.966 bits per heavy atom. The predicted octanol–water partition coefficient (Wildman–Crippen LogP) is 4.31. The molecule has 0 unspecified atom stereocenters. The van der Waals surface area contributed by atoms with Gasteiger partial charge in [-0.3, -0.25) is 4.79 Å². The number of hydrazone groups is 1. The Hall–Kier alpha value is -3.02. The van der Waals surface area contributed by atoms with Crippen molar-refractivity contribution in [1.82, 2.24) is 5.43 Å². The zero-order valence-corrected chi connectivity index (χ0v) is 17.8. The van der Waals surface area contributed by atoms with Crippen molar-refractivity contribution in [3.8, 4) is 17.2 Å². The van der Waals surface area contributed by atoms with Crippen LogP contribution in [0.2, 0.25) is 0 Å². The van der Waals surface area contributed by atoms with E-state index in [0.29, 0.717) is 30.5 Å². The SMILES string of the molecule is CCOc1ccc(/C=N/NC(=O)COc2ccccc2C(C)(C)C)cc1OCC. The highest BCUT2D eigenvalue weighted by molar-refractivity contribution is 5.83. The number of para-hydroxylation sites is 1. The first-order chi connectivity index (χ1) is 13.8. The van der Waals surface area contributed by atoms with Gasteiger partial charge in [0.25, 0.3) is 5.91 Å². The maximum Gasteiger partial charge on any atom is 0.277 e. The van der Waals surface area contributed by atoms with Crippen LogP contribution in [0.5, 0.6) is 17.2 Å². The number of carbonyl (C=O) groups is 1. The fourth-order valence-electron chi connectivity index (χ4n) is 2.71. The van der Waals surface area contributed by atoms with Gasteiger partial charge in [0.15, 0.2) is 18.1 Å². The summed E-state index contributed by atoms with van der Waals surface area (Å²) in [5.41, 5.74) is 4.25. The van der Waals surface area contributed by atoms with Gasteiger partial charge >= 0.3 is 0 Å². The molecule has 2 rings (SSSR count). The summed E-state index contributed by atoms with van der Waals surface area (Å²) in [5, 5.41) is 4.00. The molecule has 2 aromatic rings. The molecule has 0 atom stereocenters. The maximum atomic E-state index is 12.1. The second kappa shape index (κ2) is 10.5. The molecule has 0 aliphatic carbocycles. The van der Waals surface area contributed by atoms with Crippen LogP contribution in [0.15, 0.2) is 47.6 Å². The molecule has 0 aromatic heterocycles. The second-order valence-corrected chi connectivity index (χ2v) is 7.40. The van der Waals surface area contributed by atoms with Crippen LogP contribution < -0.4 is 19.6 Å². The first-order valence-corrected chi connectivity index (χ1v) is 9.79. The molecule has 0 aliphatic rings. The molecule has 156 valence electrons. The number of carbonyl (C=O) groups excluding carboxylic acids is 1. The number of hydrogen-bond donors (Lipinski definition) is 1. The third-order valence-electron chi connectivity index (χ3n) is 4.02. The lowest BCUT2D eigenvalue weighted by atomic mass is 9.86. The maximum absolute atomic E-state index is 12.1. The van der Waals surface area contributed by atoms with E-state index in [0.717, 1.165) is 11.1 Å². The lowest BCUT2D eigenvalue weighted by molar-refractivity contribution is -0.123. The average Bonchev–Trinajstić information content (AvgIpc) is 2.68. The molecule has 0 spiro atoms. The summed E-state index contributed by atoms with van der Waals surface area (Å²) in [6.07, 6.45) is 1.55. The summed E-state index contributed by atoms with van der Waals surface area (Å²) in [5.74, 6) is 1.70. The fraction of sp³-hybridized carbons (Fsp3) is 0.391. The zero-order chi connectivity index (χ0) is 21.3. The van der Waals surface area contributed by atoms with Gasteiger partial charge < -0.3 is 14.2 Å². The molecule has 29 heavy (non-hydrogen) atoms. The molecule has 1 amide bonds. The Bertz CT molecular complexity index is 841. The van der Waals surface area contributed by atoms with Crippen LogP contribution in [0.25, 0.3) is 0 Å². The van der Waals surface area contributed by atoms with E-state index in [2.05, 4.69) is 31.3 Å². The highest BCUT2D eigenvalue weighted by Crippen LogP contribution is 2.31. The van der Waals surface area contributed by atoms with Crippen molar-refractivity contribution in [2.75, 3.05) is 19.8 Å². The van der Waals surface area contributed by atoms with Gasteiger partial charge in [0.05, 0.1) is 19.4 Å². The van der Waals surface area contributed by atoms with Gasteiger partial charge in [-0.05, 0) is 54.7 Å². The van der Waals surface area contributed by atoms with Crippen LogP contribution in [0.4, 0.5) is 0 Å². The van der Waals surface area contributed by atoms with E-state index in [4.69, 9.17) is 14.2 Å². The molecule has 0 fully saturated rings. The monoisotopic (exact) mass is 398 g/mol. The summed E-state index contributed by atoms with van der Waals surface area (Å²) in [6.45, 7) is 11.1. The van der Waals surface area contributed by atoms with E-state index in [-0.39, 0.29) is 17.9 Å². The third-order valence-corrected chi connectivity index (χ3v) is 4.02. The highest BCUT2D eigenvalue weighted by Gasteiger charge is 2.18. The minimum absolute atomic E-state index is 0.0723. The minimum Gasteiger partial charge on any atom is -0.490 e. The number of ether oxygens (including phenoxy) is 3. The van der Waals surface area contributed by atoms with Crippen molar-refractivity contribution in [2.24, 2.45) is 5.10 Å². The number of nitrogens with one attached hydrogen (secondary N) is 1. The molecule has 1 N–H and O–H groups in total. The Morgan fingerprint density at radius 2 is 1.66 bits per heavy atom. The van der Waals surface area contributed by atoms with E-state index >= 15 is 0 Å². The molecule has 0 saturated heterocycles. The van der Waals surface area contributed by atoms with Gasteiger partial charge in [0.2, 0.25) is 0 Å². The fourth-order valence-corrected chi connectivity index (χ4v) is 2.71. The van der Waals surface area contributed by atoms with E-state index in [1.165, 1.54) is 0 Å². The van der Waals surface area contributed by atoms with E-state index in [1.807, 2.05) is 56.3 Å². The molecule has 0 saturated carbocycles. The van der Waals surface area contributed by atoms with Gasteiger partial charge in [0, 0.05) is 0 Å². The molecule has 2 aromatic carbocycles. The summed E-state index contributed by atoms with van der Waals surface area (Å²) in [7, 11) is 0. The van der Waals surface area contributed by atoms with Crippen LogP contribution in [0.3, 0.4) is 0 Å². The second-order valence-electron chi connectivity index (χ2n) is 7.40. The average molecular weight is 399 g/mol. The van der Waals surface area contributed by atoms with Crippen LogP contribution in [0, 0.1) is 0 Å². The number of rotatable bonds is 9. The Kier molecular flexibility index (Phi) is 8.07. The molecule has 0 heterocycles. The molecule has 6 nitrogen and oxygen atoms in total. The Labute approximate surface area is 172 Å². The third kappa shape index (κ3) is 6.82. The van der Waals surface area contributed by atoms with E-state index < -0.39 is 0 Å². The first-order valence-electron chi connectivity index (χ1n) is 9.79. The predicted molar refractivity (Wildman–Crippen MR) is 115 cm³/mol. The van der Waals surface area contributed by atoms with Crippen molar-refractivity contribution in [3.63, 3.8) is 0 Å². The minimum atomic E-state index is -0.332. The summed E-state index contributed by atoms with van der Waals surface area (Å²) < 4.78 is 16.8. The van der Waals surface area contributed by atoms with Gasteiger partial charge in [-0.25, -0.2) is 5.43 Å². The number of nitrogens with zero attached hydrogens (tertiary/aromatic N) is 1. The summed E-state index contributed by atoms with van der Waals surface area (Å²) in [6, 6.07) is 13.2. The van der Waals surface area contributed by atoms with Gasteiger partial charge in [0.1, 0.15) is 5.75 Å². The van der Waals surface area contributed by atoms with Gasteiger partial charge in [-0.1, -0.05) is 39.0 Å². The normalized spacial score (nSPS) is 11.3. The lowest BCUT2D eigenvalue weighted by Crippen LogP contribution is -2.25. The lowest BCUT2D eigenvalue weighted by Gasteiger charge is -2.22. The Morgan fingerprint density at radius 3 is 2.34 bits per heavy atom. The van der Waals surface area contributed by atoms with Crippen molar-refractivity contribution < 1.29 is 19.0 Å². The number of amides is 1. The molecule has 0 radical (unpaired) electrons. The van der Waals surface area contributed by atoms with Crippen molar-refractivity contribution in [2.45, 2.75) is 40.0 Å². The summed E-state index contributed by atoms with van der Waals surface area (Å²) in [4.78, 5) is 12.1. The molecule has 0 bridgehead atoms. The smallest absolute Gasteiger partial charge is 0.277 e. The van der Waals surface area contributed by atoms with Crippen molar-refractivity contribution >= 4 is 12.1 Å². The first kappa shape index (κ1) is 22.3. The van der Waals surface area contributed by atoms with Crippen LogP contribution in [0.1, 0.15) is 45.7 Å². The molecule has 0 aliphatic heterocycles.